The molecule has 0 aliphatic rings. The molecule has 0 heterocycles. The molecule has 1 aromatic rings. The number of aryl methyl sites for hydroxylation is 1. The number of nitrogens with two attached hydrogens (primary N) is 1. The van der Waals surface area contributed by atoms with Crippen LogP contribution in [0.25, 0.3) is 0 Å². The monoisotopic (exact) mass is 301 g/mol. The number of hydrogen-bond donors (Lipinski definition) is 3. The highest BCUT2D eigenvalue weighted by Crippen LogP contribution is 2.18. The SMILES string of the molecule is Cc1ccc(C(N)=S)cc1NS(=O)(=O)NC(C)(C)C. The first-order chi connectivity index (χ1) is 8.50. The third-order valence-electron chi connectivity index (χ3n) is 2.21. The van der Waals surface area contributed by atoms with Crippen LogP contribution in [-0.2, 0) is 10.2 Å². The quantitative estimate of drug-likeness (QED) is 0.739. The van der Waals surface area contributed by atoms with Crippen molar-refractivity contribution in [2.24, 2.45) is 5.73 Å². The first-order valence-corrected chi connectivity index (χ1v) is 7.61. The van der Waals surface area contributed by atoms with Crippen molar-refractivity contribution >= 4 is 33.1 Å². The number of rotatable bonds is 4. The summed E-state index contributed by atoms with van der Waals surface area (Å²) in [7, 11) is -3.64. The highest BCUT2D eigenvalue weighted by atomic mass is 32.2. The summed E-state index contributed by atoms with van der Waals surface area (Å²) in [5.74, 6) is 0. The summed E-state index contributed by atoms with van der Waals surface area (Å²) in [4.78, 5) is 0.226. The maximum Gasteiger partial charge on any atom is 0.299 e. The molecule has 5 nitrogen and oxygen atoms in total. The molecular weight excluding hydrogens is 282 g/mol. The Morgan fingerprint density at radius 1 is 1.32 bits per heavy atom. The first-order valence-electron chi connectivity index (χ1n) is 5.72. The van der Waals surface area contributed by atoms with Crippen molar-refractivity contribution in [3.63, 3.8) is 0 Å². The van der Waals surface area contributed by atoms with Gasteiger partial charge in [0.15, 0.2) is 0 Å². The molecule has 0 atom stereocenters. The van der Waals surface area contributed by atoms with Gasteiger partial charge in [0.25, 0.3) is 10.2 Å². The zero-order chi connectivity index (χ0) is 14.8. The van der Waals surface area contributed by atoms with Crippen molar-refractivity contribution < 1.29 is 8.42 Å². The van der Waals surface area contributed by atoms with Gasteiger partial charge in [0, 0.05) is 11.1 Å². The molecule has 0 aliphatic heterocycles. The molecule has 19 heavy (non-hydrogen) atoms. The van der Waals surface area contributed by atoms with Crippen LogP contribution in [0.2, 0.25) is 0 Å². The Hall–Kier alpha value is -1.18. The third kappa shape index (κ3) is 5.14. The number of anilines is 1. The van der Waals surface area contributed by atoms with Gasteiger partial charge >= 0.3 is 0 Å². The Labute approximate surface area is 119 Å². The van der Waals surface area contributed by atoms with Gasteiger partial charge < -0.3 is 5.73 Å². The van der Waals surface area contributed by atoms with E-state index in [9.17, 15) is 8.42 Å². The molecule has 0 amide bonds. The molecule has 106 valence electrons. The second-order valence-corrected chi connectivity index (χ2v) is 7.21. The molecule has 0 saturated heterocycles. The molecule has 0 radical (unpaired) electrons. The molecule has 0 aliphatic carbocycles. The molecule has 4 N–H and O–H groups in total. The Bertz CT molecular complexity index is 589. The Morgan fingerprint density at radius 3 is 2.37 bits per heavy atom. The van der Waals surface area contributed by atoms with E-state index in [1.807, 2.05) is 0 Å². The normalized spacial score (nSPS) is 12.2. The number of benzene rings is 1. The minimum atomic E-state index is -3.64. The predicted molar refractivity (Wildman–Crippen MR) is 82.5 cm³/mol. The van der Waals surface area contributed by atoms with Gasteiger partial charge in [-0.15, -0.1) is 0 Å². The van der Waals surface area contributed by atoms with Gasteiger partial charge in [0.2, 0.25) is 0 Å². The van der Waals surface area contributed by atoms with Gasteiger partial charge in [-0.25, -0.2) is 0 Å². The van der Waals surface area contributed by atoms with Gasteiger partial charge in [0.1, 0.15) is 4.99 Å². The van der Waals surface area contributed by atoms with Gasteiger partial charge in [-0.3, -0.25) is 4.72 Å². The van der Waals surface area contributed by atoms with E-state index in [2.05, 4.69) is 9.44 Å². The van der Waals surface area contributed by atoms with E-state index in [0.29, 0.717) is 11.3 Å². The molecule has 0 aromatic heterocycles. The average Bonchev–Trinajstić information content (AvgIpc) is 2.16. The predicted octanol–water partition coefficient (Wildman–Crippen LogP) is 1.67. The lowest BCUT2D eigenvalue weighted by molar-refractivity contribution is 0.494. The molecule has 0 bridgehead atoms. The largest absolute Gasteiger partial charge is 0.389 e. The van der Waals surface area contributed by atoms with E-state index < -0.39 is 15.7 Å². The van der Waals surface area contributed by atoms with E-state index in [-0.39, 0.29) is 4.99 Å². The molecule has 0 spiro atoms. The van der Waals surface area contributed by atoms with Crippen molar-refractivity contribution in [3.8, 4) is 0 Å². The Morgan fingerprint density at radius 2 is 1.89 bits per heavy atom. The van der Waals surface area contributed by atoms with Crippen LogP contribution in [0.1, 0.15) is 31.9 Å². The summed E-state index contributed by atoms with van der Waals surface area (Å²) >= 11 is 4.88. The fraction of sp³-hybridized carbons (Fsp3) is 0.417. The van der Waals surface area contributed by atoms with Crippen molar-refractivity contribution in [2.75, 3.05) is 4.72 Å². The van der Waals surface area contributed by atoms with Crippen LogP contribution < -0.4 is 15.2 Å². The van der Waals surface area contributed by atoms with E-state index in [1.165, 1.54) is 0 Å². The topological polar surface area (TPSA) is 84.2 Å². The van der Waals surface area contributed by atoms with E-state index >= 15 is 0 Å². The van der Waals surface area contributed by atoms with Crippen LogP contribution in [0.3, 0.4) is 0 Å². The fourth-order valence-corrected chi connectivity index (χ4v) is 2.95. The summed E-state index contributed by atoms with van der Waals surface area (Å²) in [5.41, 5.74) is 6.85. The van der Waals surface area contributed by atoms with Gasteiger partial charge in [0.05, 0.1) is 5.69 Å². The van der Waals surface area contributed by atoms with Gasteiger partial charge in [-0.2, -0.15) is 13.1 Å². The second-order valence-electron chi connectivity index (χ2n) is 5.35. The van der Waals surface area contributed by atoms with Crippen molar-refractivity contribution in [3.05, 3.63) is 29.3 Å². The smallest absolute Gasteiger partial charge is 0.299 e. The highest BCUT2D eigenvalue weighted by molar-refractivity contribution is 7.90. The number of nitrogens with one attached hydrogen (secondary N) is 2. The Kier molecular flexibility index (Phi) is 4.54. The number of hydrogen-bond acceptors (Lipinski definition) is 3. The van der Waals surface area contributed by atoms with E-state index in [1.54, 1.807) is 45.9 Å². The summed E-state index contributed by atoms with van der Waals surface area (Å²) in [6, 6.07) is 5.15. The summed E-state index contributed by atoms with van der Waals surface area (Å²) < 4.78 is 28.9. The zero-order valence-electron chi connectivity index (χ0n) is 11.4. The van der Waals surface area contributed by atoms with Crippen LogP contribution >= 0.6 is 12.2 Å². The Balaban J connectivity index is 3.05. The molecule has 7 heteroatoms. The fourth-order valence-electron chi connectivity index (χ4n) is 1.46. The van der Waals surface area contributed by atoms with E-state index in [0.717, 1.165) is 5.56 Å². The minimum absolute atomic E-state index is 0.226. The van der Waals surface area contributed by atoms with Gasteiger partial charge in [-0.1, -0.05) is 24.4 Å². The second kappa shape index (κ2) is 5.44. The summed E-state index contributed by atoms with van der Waals surface area (Å²) in [5, 5.41) is 0. The first kappa shape index (κ1) is 15.9. The lowest BCUT2D eigenvalue weighted by Crippen LogP contribution is -2.43. The molecule has 0 saturated carbocycles. The molecule has 1 rings (SSSR count). The van der Waals surface area contributed by atoms with Crippen LogP contribution in [0.5, 0.6) is 0 Å². The lowest BCUT2D eigenvalue weighted by atomic mass is 10.1. The van der Waals surface area contributed by atoms with Crippen LogP contribution in [0.15, 0.2) is 18.2 Å². The minimum Gasteiger partial charge on any atom is -0.389 e. The molecule has 0 fully saturated rings. The highest BCUT2D eigenvalue weighted by Gasteiger charge is 2.20. The van der Waals surface area contributed by atoms with Gasteiger partial charge in [-0.05, 0) is 39.3 Å². The standard InChI is InChI=1S/C12H19N3O2S2/c1-8-5-6-9(11(13)18)7-10(8)14-19(16,17)15-12(2,3)4/h5-7,14-15H,1-4H3,(H2,13,18). The van der Waals surface area contributed by atoms with Crippen LogP contribution in [-0.4, -0.2) is 18.9 Å². The summed E-state index contributed by atoms with van der Waals surface area (Å²) in [6.07, 6.45) is 0. The molecular formula is C12H19N3O2S2. The molecule has 0 unspecified atom stereocenters. The van der Waals surface area contributed by atoms with Crippen LogP contribution in [0, 0.1) is 6.92 Å². The third-order valence-corrected chi connectivity index (χ3v) is 3.81. The molecule has 1 aromatic carbocycles. The van der Waals surface area contributed by atoms with Crippen molar-refractivity contribution in [1.29, 1.82) is 0 Å². The zero-order valence-corrected chi connectivity index (χ0v) is 13.1. The van der Waals surface area contributed by atoms with Crippen molar-refractivity contribution in [1.82, 2.24) is 4.72 Å². The number of thiocarbonyl (C=S) groups is 1. The lowest BCUT2D eigenvalue weighted by Gasteiger charge is -2.21. The maximum atomic E-state index is 12.0. The summed E-state index contributed by atoms with van der Waals surface area (Å²) in [6.45, 7) is 7.11. The van der Waals surface area contributed by atoms with Crippen molar-refractivity contribution in [2.45, 2.75) is 33.2 Å². The maximum absolute atomic E-state index is 12.0. The van der Waals surface area contributed by atoms with E-state index in [4.69, 9.17) is 18.0 Å². The average molecular weight is 301 g/mol. The van der Waals surface area contributed by atoms with Crippen LogP contribution in [0.4, 0.5) is 5.69 Å².